The molecular formula is C30H28F3N7O4. The van der Waals surface area contributed by atoms with Crippen molar-refractivity contribution in [1.82, 2.24) is 15.0 Å². The molecule has 0 spiro atoms. The number of H-pyrrole nitrogens is 1. The predicted molar refractivity (Wildman–Crippen MR) is 155 cm³/mol. The molecule has 44 heavy (non-hydrogen) atoms. The maximum absolute atomic E-state index is 14.6. The van der Waals surface area contributed by atoms with Crippen molar-refractivity contribution in [2.24, 2.45) is 0 Å². The fourth-order valence-corrected chi connectivity index (χ4v) is 5.75. The maximum Gasteiger partial charge on any atom is 0.417 e. The predicted octanol–water partition coefficient (Wildman–Crippen LogP) is 5.90. The standard InChI is InChI=1S/C30H28F3N7O4/c1-15(2)43-23-5-4-20(10-17(23)13-34)40-22-14-35-28(36-18-11-21(31)25-24(12-18)44-29(42)37-25)38-26(22)39(16(3)27(40)41)19-6-8-30(32,33)9-7-19/h4-5,10-12,14-16,19H,6-9H2,1-3H3,(H,37,42)(H,35,36,38)/t16-/m1/s1. The SMILES string of the molecule is CC(C)Oc1ccc(N2C(=O)[C@@H](C)N(C3CCC(F)(F)CC3)c3nc(Nc4cc(F)c5[nH]c(=O)oc5c4)ncc32)cc1C#N. The van der Waals surface area contributed by atoms with Crippen molar-refractivity contribution in [2.75, 3.05) is 15.1 Å². The van der Waals surface area contributed by atoms with Crippen molar-refractivity contribution in [3.05, 3.63) is 58.5 Å². The number of carbonyl (C=O) groups excluding carboxylic acids is 1. The molecular weight excluding hydrogens is 579 g/mol. The fraction of sp³-hybridized carbons (Fsp3) is 0.367. The van der Waals surface area contributed by atoms with Crippen LogP contribution in [0, 0.1) is 17.1 Å². The highest BCUT2D eigenvalue weighted by Gasteiger charge is 2.45. The first kappa shape index (κ1) is 29.0. The van der Waals surface area contributed by atoms with E-state index in [1.807, 2.05) is 13.8 Å². The average Bonchev–Trinajstić information content (AvgIpc) is 3.35. The number of nitrogens with one attached hydrogen (secondary N) is 2. The van der Waals surface area contributed by atoms with Crippen molar-refractivity contribution in [3.8, 4) is 11.8 Å². The van der Waals surface area contributed by atoms with Crippen LogP contribution in [0.25, 0.3) is 11.1 Å². The number of anilines is 5. The number of aromatic amines is 1. The highest BCUT2D eigenvalue weighted by Crippen LogP contribution is 2.45. The van der Waals surface area contributed by atoms with Gasteiger partial charge in [0.05, 0.1) is 23.6 Å². The number of benzene rings is 2. The number of alkyl halides is 2. The number of amides is 1. The number of nitrogens with zero attached hydrogens (tertiary/aromatic N) is 5. The van der Waals surface area contributed by atoms with Crippen LogP contribution in [-0.4, -0.2) is 45.0 Å². The molecule has 2 aliphatic rings. The number of ether oxygens (including phenoxy) is 1. The number of rotatable bonds is 6. The summed E-state index contributed by atoms with van der Waals surface area (Å²) in [7, 11) is 0. The molecule has 4 aromatic rings. The Labute approximate surface area is 249 Å². The molecule has 1 atom stereocenters. The molecule has 2 aromatic carbocycles. The first-order valence-electron chi connectivity index (χ1n) is 14.1. The number of fused-ring (bicyclic) bond motifs is 2. The third-order valence-electron chi connectivity index (χ3n) is 7.75. The number of hydrogen-bond donors (Lipinski definition) is 2. The van der Waals surface area contributed by atoms with E-state index >= 15 is 0 Å². The van der Waals surface area contributed by atoms with Crippen molar-refractivity contribution < 1.29 is 27.1 Å². The lowest BCUT2D eigenvalue weighted by molar-refractivity contribution is -0.119. The van der Waals surface area contributed by atoms with Gasteiger partial charge in [0.15, 0.2) is 17.2 Å². The Morgan fingerprint density at radius 1 is 1.20 bits per heavy atom. The summed E-state index contributed by atoms with van der Waals surface area (Å²) in [6, 6.07) is 8.25. The molecule has 0 bridgehead atoms. The number of oxazole rings is 1. The van der Waals surface area contributed by atoms with E-state index in [-0.39, 0.29) is 71.7 Å². The Morgan fingerprint density at radius 2 is 1.95 bits per heavy atom. The van der Waals surface area contributed by atoms with E-state index in [9.17, 15) is 28.0 Å². The molecule has 2 aromatic heterocycles. The highest BCUT2D eigenvalue weighted by atomic mass is 19.3. The van der Waals surface area contributed by atoms with Crippen molar-refractivity contribution in [1.29, 1.82) is 5.26 Å². The molecule has 1 aliphatic heterocycles. The molecule has 11 nitrogen and oxygen atoms in total. The van der Waals surface area contributed by atoms with Gasteiger partial charge in [-0.3, -0.25) is 14.7 Å². The second kappa shape index (κ2) is 10.9. The molecule has 0 radical (unpaired) electrons. The van der Waals surface area contributed by atoms with Gasteiger partial charge in [-0.15, -0.1) is 0 Å². The minimum absolute atomic E-state index is 0.0104. The molecule has 0 unspecified atom stereocenters. The van der Waals surface area contributed by atoms with Crippen LogP contribution in [0.5, 0.6) is 5.75 Å². The van der Waals surface area contributed by atoms with E-state index in [2.05, 4.69) is 26.3 Å². The van der Waals surface area contributed by atoms with E-state index in [4.69, 9.17) is 9.15 Å². The monoisotopic (exact) mass is 607 g/mol. The maximum atomic E-state index is 14.6. The number of nitriles is 1. The van der Waals surface area contributed by atoms with Gasteiger partial charge in [0.2, 0.25) is 11.9 Å². The van der Waals surface area contributed by atoms with Crippen LogP contribution in [0.4, 0.5) is 42.0 Å². The third-order valence-corrected chi connectivity index (χ3v) is 7.75. The minimum Gasteiger partial charge on any atom is -0.490 e. The van der Waals surface area contributed by atoms with Gasteiger partial charge in [-0.1, -0.05) is 0 Å². The molecule has 1 aliphatic carbocycles. The van der Waals surface area contributed by atoms with Crippen molar-refractivity contribution in [2.45, 2.75) is 70.6 Å². The van der Waals surface area contributed by atoms with E-state index < -0.39 is 29.6 Å². The molecule has 1 fully saturated rings. The zero-order valence-corrected chi connectivity index (χ0v) is 24.0. The Kier molecular flexibility index (Phi) is 7.19. The average molecular weight is 608 g/mol. The van der Waals surface area contributed by atoms with Gasteiger partial charge in [-0.2, -0.15) is 10.2 Å². The van der Waals surface area contributed by atoms with Gasteiger partial charge in [-0.05, 0) is 57.9 Å². The van der Waals surface area contributed by atoms with Crippen LogP contribution in [0.1, 0.15) is 52.0 Å². The van der Waals surface area contributed by atoms with Gasteiger partial charge < -0.3 is 19.4 Å². The lowest BCUT2D eigenvalue weighted by Gasteiger charge is -2.46. The second-order valence-electron chi connectivity index (χ2n) is 11.2. The van der Waals surface area contributed by atoms with E-state index in [0.29, 0.717) is 17.3 Å². The molecule has 6 rings (SSSR count). The fourth-order valence-electron chi connectivity index (χ4n) is 5.75. The lowest BCUT2D eigenvalue weighted by atomic mass is 9.89. The summed E-state index contributed by atoms with van der Waals surface area (Å²) in [6.07, 6.45) is 0.872. The second-order valence-corrected chi connectivity index (χ2v) is 11.2. The van der Waals surface area contributed by atoms with Crippen LogP contribution >= 0.6 is 0 Å². The zero-order chi connectivity index (χ0) is 31.3. The summed E-state index contributed by atoms with van der Waals surface area (Å²) in [5.41, 5.74) is 0.988. The molecule has 0 saturated heterocycles. The quantitative estimate of drug-likeness (QED) is 0.274. The number of hydrogen-bond acceptors (Lipinski definition) is 9. The van der Waals surface area contributed by atoms with E-state index in [0.717, 1.165) is 6.07 Å². The summed E-state index contributed by atoms with van der Waals surface area (Å²) >= 11 is 0. The number of carbonyl (C=O) groups is 1. The van der Waals surface area contributed by atoms with Crippen LogP contribution in [0.15, 0.2) is 45.7 Å². The Balaban J connectivity index is 1.43. The molecule has 3 heterocycles. The molecule has 14 heteroatoms. The Bertz CT molecular complexity index is 1860. The minimum atomic E-state index is -2.78. The van der Waals surface area contributed by atoms with Crippen LogP contribution < -0.4 is 25.6 Å². The van der Waals surface area contributed by atoms with Gasteiger partial charge >= 0.3 is 5.76 Å². The molecule has 1 saturated carbocycles. The lowest BCUT2D eigenvalue weighted by Crippen LogP contribution is -2.56. The smallest absolute Gasteiger partial charge is 0.417 e. The molecule has 1 amide bonds. The van der Waals surface area contributed by atoms with Gasteiger partial charge in [0.1, 0.15) is 29.1 Å². The van der Waals surface area contributed by atoms with Crippen LogP contribution in [0.3, 0.4) is 0 Å². The summed E-state index contributed by atoms with van der Waals surface area (Å²) < 4.78 is 53.6. The summed E-state index contributed by atoms with van der Waals surface area (Å²) in [4.78, 5) is 40.0. The van der Waals surface area contributed by atoms with Crippen LogP contribution in [0.2, 0.25) is 0 Å². The summed E-state index contributed by atoms with van der Waals surface area (Å²) in [6.45, 7) is 5.35. The normalized spacial score (nSPS) is 18.4. The van der Waals surface area contributed by atoms with Gasteiger partial charge in [-0.25, -0.2) is 22.9 Å². The summed E-state index contributed by atoms with van der Waals surface area (Å²) in [5, 5.41) is 12.7. The number of halogens is 3. The van der Waals surface area contributed by atoms with Crippen molar-refractivity contribution in [3.63, 3.8) is 0 Å². The van der Waals surface area contributed by atoms with Gasteiger partial charge in [0, 0.05) is 30.6 Å². The van der Waals surface area contributed by atoms with Crippen molar-refractivity contribution >= 4 is 45.8 Å². The van der Waals surface area contributed by atoms with Crippen LogP contribution in [-0.2, 0) is 4.79 Å². The Morgan fingerprint density at radius 3 is 2.66 bits per heavy atom. The largest absolute Gasteiger partial charge is 0.490 e. The third kappa shape index (κ3) is 5.29. The van der Waals surface area contributed by atoms with E-state index in [1.165, 1.54) is 23.2 Å². The number of aromatic nitrogens is 3. The molecule has 2 N–H and O–H groups in total. The Hall–Kier alpha value is -5.06. The topological polar surface area (TPSA) is 140 Å². The zero-order valence-electron chi connectivity index (χ0n) is 24.0. The summed E-state index contributed by atoms with van der Waals surface area (Å²) in [5.74, 6) is -3.97. The van der Waals surface area contributed by atoms with Gasteiger partial charge in [0.25, 0.3) is 5.91 Å². The first-order chi connectivity index (χ1) is 20.9. The van der Waals surface area contributed by atoms with E-state index in [1.54, 1.807) is 24.0 Å². The molecule has 228 valence electrons. The first-order valence-corrected chi connectivity index (χ1v) is 14.1. The highest BCUT2D eigenvalue weighted by molar-refractivity contribution is 6.10.